The van der Waals surface area contributed by atoms with Crippen molar-refractivity contribution in [2.24, 2.45) is 0 Å². The summed E-state index contributed by atoms with van der Waals surface area (Å²) < 4.78 is 33.9. The molecule has 2 aliphatic rings. The van der Waals surface area contributed by atoms with Crippen molar-refractivity contribution in [3.63, 3.8) is 0 Å². The Morgan fingerprint density at radius 1 is 0.788 bits per heavy atom. The molecule has 0 fully saturated rings. The Morgan fingerprint density at radius 3 is 2.27 bits per heavy atom. The topological polar surface area (TPSA) is 125 Å². The number of hydrogen-bond donors (Lipinski definition) is 3. The molecule has 8 bridgehead atoms. The summed E-state index contributed by atoms with van der Waals surface area (Å²) in [4.78, 5) is 19.9. The van der Waals surface area contributed by atoms with Crippen LogP contribution in [0.5, 0.6) is 0 Å². The molecule has 0 spiro atoms. The number of nitrogens with zero attached hydrogens (tertiary/aromatic N) is 3. The van der Waals surface area contributed by atoms with Crippen molar-refractivity contribution in [3.05, 3.63) is 72.2 Å². The first-order valence-corrected chi connectivity index (χ1v) is 11.2. The minimum absolute atomic E-state index is 0. The van der Waals surface area contributed by atoms with Gasteiger partial charge in [0.1, 0.15) is 4.90 Å². The monoisotopic (exact) mass is 481 g/mol. The quantitative estimate of drug-likeness (QED) is 0.240. The van der Waals surface area contributed by atoms with Crippen LogP contribution in [0.15, 0.2) is 65.7 Å². The van der Waals surface area contributed by atoms with Crippen LogP contribution >= 0.6 is 0 Å². The van der Waals surface area contributed by atoms with Crippen LogP contribution in [0, 0.1) is 0 Å². The zero-order valence-electron chi connectivity index (χ0n) is 17.1. The molecule has 4 aromatic rings. The van der Waals surface area contributed by atoms with Gasteiger partial charge in [0.2, 0.25) is 0 Å². The second kappa shape index (κ2) is 8.19. The van der Waals surface area contributed by atoms with Gasteiger partial charge in [-0.2, -0.15) is 8.42 Å². The van der Waals surface area contributed by atoms with Crippen molar-refractivity contribution >= 4 is 82.1 Å². The van der Waals surface area contributed by atoms with E-state index in [4.69, 9.17) is 4.98 Å². The molecule has 8 nitrogen and oxygen atoms in total. The summed E-state index contributed by atoms with van der Waals surface area (Å²) in [5.74, 6) is 0. The summed E-state index contributed by atoms with van der Waals surface area (Å²) in [7, 11) is -4.46. The SMILES string of the molecule is O=S(=O)(O)c1cc2cc3nc(cc4ccc(cc5nc(cc1[nH]2)-c1cccnc1-5)[nH]4)C=C3.[Ca]. The molecular formula is C23H15CaN5O3S. The molecule has 0 atom stereocenters. The van der Waals surface area contributed by atoms with Crippen LogP contribution in [0.25, 0.3) is 56.9 Å². The third-order valence-corrected chi connectivity index (χ3v) is 6.16. The number of hydrogen-bond acceptors (Lipinski definition) is 5. The first-order valence-electron chi connectivity index (χ1n) is 9.76. The average Bonchev–Trinajstić information content (AvgIpc) is 3.52. The van der Waals surface area contributed by atoms with E-state index in [-0.39, 0.29) is 48.2 Å². The maximum Gasteiger partial charge on any atom is 0.296 e. The van der Waals surface area contributed by atoms with E-state index in [0.717, 1.165) is 22.3 Å². The third kappa shape index (κ3) is 4.14. The fraction of sp³-hybridized carbons (Fsp3) is 0. The van der Waals surface area contributed by atoms with Crippen molar-refractivity contribution in [3.8, 4) is 22.6 Å². The number of rotatable bonds is 1. The van der Waals surface area contributed by atoms with Crippen molar-refractivity contribution in [1.29, 1.82) is 0 Å². The largest absolute Gasteiger partial charge is 0.355 e. The van der Waals surface area contributed by atoms with Gasteiger partial charge in [-0.1, -0.05) is 0 Å². The van der Waals surface area contributed by atoms with E-state index in [9.17, 15) is 13.0 Å². The van der Waals surface area contributed by atoms with E-state index >= 15 is 0 Å². The van der Waals surface area contributed by atoms with Gasteiger partial charge in [0.25, 0.3) is 10.1 Å². The number of pyridine rings is 1. The van der Waals surface area contributed by atoms with E-state index in [1.165, 1.54) is 6.07 Å². The molecule has 3 N–H and O–H groups in total. The second-order valence-electron chi connectivity index (χ2n) is 7.50. The molecule has 4 aromatic heterocycles. The Hall–Kier alpha value is -2.82. The summed E-state index contributed by atoms with van der Waals surface area (Å²) in [5, 5.41) is 0. The zero-order chi connectivity index (χ0) is 21.9. The van der Waals surface area contributed by atoms with Crippen molar-refractivity contribution in [1.82, 2.24) is 24.9 Å². The van der Waals surface area contributed by atoms with E-state index in [1.807, 2.05) is 42.5 Å². The molecule has 0 unspecified atom stereocenters. The number of aromatic amines is 2. The summed E-state index contributed by atoms with van der Waals surface area (Å²) in [6.45, 7) is 0. The number of nitrogens with one attached hydrogen (secondary N) is 2. The molecule has 2 aliphatic heterocycles. The van der Waals surface area contributed by atoms with Crippen LogP contribution in [0.4, 0.5) is 0 Å². The first-order chi connectivity index (χ1) is 15.4. The Labute approximate surface area is 218 Å². The molecule has 158 valence electrons. The number of aromatic nitrogens is 5. The first kappa shape index (κ1) is 22.0. The molecule has 6 rings (SSSR count). The number of fused-ring (bicyclic) bond motifs is 11. The van der Waals surface area contributed by atoms with Crippen molar-refractivity contribution in [2.45, 2.75) is 4.90 Å². The van der Waals surface area contributed by atoms with Gasteiger partial charge in [-0.25, -0.2) is 9.97 Å². The van der Waals surface area contributed by atoms with Crippen LogP contribution in [0.1, 0.15) is 11.4 Å². The molecule has 10 heteroatoms. The van der Waals surface area contributed by atoms with Gasteiger partial charge in [-0.05, 0) is 66.7 Å². The molecule has 6 heterocycles. The molecule has 0 saturated heterocycles. The molecule has 33 heavy (non-hydrogen) atoms. The Bertz CT molecular complexity index is 1720. The number of H-pyrrole nitrogens is 2. The van der Waals surface area contributed by atoms with Gasteiger partial charge < -0.3 is 9.97 Å². The van der Waals surface area contributed by atoms with Gasteiger partial charge in [0.15, 0.2) is 0 Å². The molecule has 0 saturated carbocycles. The molecule has 0 aliphatic carbocycles. The minimum atomic E-state index is -4.46. The molecule has 0 amide bonds. The van der Waals surface area contributed by atoms with E-state index < -0.39 is 10.1 Å². The fourth-order valence-corrected chi connectivity index (χ4v) is 4.56. The van der Waals surface area contributed by atoms with Gasteiger partial charge in [0.05, 0.1) is 34.0 Å². The van der Waals surface area contributed by atoms with Gasteiger partial charge in [-0.3, -0.25) is 9.54 Å². The predicted octanol–water partition coefficient (Wildman–Crippen LogP) is 4.08. The Morgan fingerprint density at radius 2 is 1.52 bits per heavy atom. The summed E-state index contributed by atoms with van der Waals surface area (Å²) in [5.41, 5.74) is 6.50. The predicted molar refractivity (Wildman–Crippen MR) is 128 cm³/mol. The van der Waals surface area contributed by atoms with E-state index in [0.29, 0.717) is 28.3 Å². The maximum atomic E-state index is 12.0. The van der Waals surface area contributed by atoms with Crippen LogP contribution in [0.2, 0.25) is 0 Å². The summed E-state index contributed by atoms with van der Waals surface area (Å²) in [6, 6.07) is 16.1. The zero-order valence-corrected chi connectivity index (χ0v) is 20.2. The third-order valence-electron chi connectivity index (χ3n) is 5.27. The maximum absolute atomic E-state index is 12.0. The van der Waals surface area contributed by atoms with Crippen LogP contribution in [0.3, 0.4) is 0 Å². The van der Waals surface area contributed by atoms with Gasteiger partial charge in [-0.15, -0.1) is 0 Å². The normalized spacial score (nSPS) is 12.3. The Kier molecular flexibility index (Phi) is 5.46. The standard InChI is InChI=1S/C23H15N5O3S.Ca/c29-32(30,31)22-11-17-9-15-4-3-13(25-15)8-14-5-6-16(26-14)10-21-23-18(2-1-7-24-23)19(28-21)12-20(22)27-17;/h1-12,26-27H,(H,29,30,31);. The van der Waals surface area contributed by atoms with Gasteiger partial charge >= 0.3 is 0 Å². The van der Waals surface area contributed by atoms with E-state index in [2.05, 4.69) is 19.9 Å². The second-order valence-corrected chi connectivity index (χ2v) is 8.89. The van der Waals surface area contributed by atoms with Crippen molar-refractivity contribution < 1.29 is 13.0 Å². The van der Waals surface area contributed by atoms with Crippen LogP contribution < -0.4 is 0 Å². The molecule has 2 radical (unpaired) electrons. The van der Waals surface area contributed by atoms with Crippen molar-refractivity contribution in [2.75, 3.05) is 0 Å². The molecular weight excluding hydrogens is 466 g/mol. The smallest absolute Gasteiger partial charge is 0.296 e. The van der Waals surface area contributed by atoms with Crippen LogP contribution in [-0.4, -0.2) is 75.6 Å². The summed E-state index contributed by atoms with van der Waals surface area (Å²) >= 11 is 0. The average molecular weight is 482 g/mol. The fourth-order valence-electron chi connectivity index (χ4n) is 3.90. The van der Waals surface area contributed by atoms with E-state index in [1.54, 1.807) is 24.4 Å². The molecule has 0 aromatic carbocycles. The van der Waals surface area contributed by atoms with Crippen LogP contribution in [-0.2, 0) is 10.1 Å². The summed E-state index contributed by atoms with van der Waals surface area (Å²) in [6.07, 6.45) is 5.39. The minimum Gasteiger partial charge on any atom is -0.355 e. The Balaban J connectivity index is 0.00000228. The van der Waals surface area contributed by atoms with Gasteiger partial charge in [0, 0.05) is 66.0 Å².